The highest BCUT2D eigenvalue weighted by Gasteiger charge is 2.33. The zero-order chi connectivity index (χ0) is 17.2. The Morgan fingerprint density at radius 2 is 2.24 bits per heavy atom. The lowest BCUT2D eigenvalue weighted by atomic mass is 10.2. The van der Waals surface area contributed by atoms with Crippen LogP contribution in [0.3, 0.4) is 0 Å². The molecule has 2 aromatic heterocycles. The van der Waals surface area contributed by atoms with Gasteiger partial charge in [0.05, 0.1) is 18.8 Å². The molecule has 0 bridgehead atoms. The molecule has 25 heavy (non-hydrogen) atoms. The van der Waals surface area contributed by atoms with E-state index in [4.69, 9.17) is 0 Å². The minimum absolute atomic E-state index is 0.0557. The van der Waals surface area contributed by atoms with Gasteiger partial charge in [0.1, 0.15) is 11.6 Å². The number of hydrogen-bond acceptors (Lipinski definition) is 5. The standard InChI is InChI=1S/C18H22N6O/c1-13-19-8-6-15(22-13)10-21-18(25)23-11-14-4-2-7-20-17(14)24-9-3-5-16(24)12-23/h2,4,6-8,16H,3,5,9-12H2,1H3,(H,21,25)/t16-/m1/s1. The van der Waals surface area contributed by atoms with Crippen LogP contribution in [0.4, 0.5) is 10.6 Å². The molecular weight excluding hydrogens is 316 g/mol. The molecule has 2 aliphatic heterocycles. The Labute approximate surface area is 147 Å². The first-order chi connectivity index (χ1) is 12.2. The fourth-order valence-electron chi connectivity index (χ4n) is 3.68. The van der Waals surface area contributed by atoms with Crippen LogP contribution in [0.1, 0.15) is 29.9 Å². The molecule has 1 saturated heterocycles. The predicted molar refractivity (Wildman–Crippen MR) is 94.0 cm³/mol. The van der Waals surface area contributed by atoms with Crippen LogP contribution < -0.4 is 10.2 Å². The number of pyridine rings is 1. The monoisotopic (exact) mass is 338 g/mol. The molecule has 4 heterocycles. The van der Waals surface area contributed by atoms with Crippen LogP contribution in [-0.4, -0.2) is 45.0 Å². The zero-order valence-electron chi connectivity index (χ0n) is 14.4. The summed E-state index contributed by atoms with van der Waals surface area (Å²) in [6.45, 7) is 4.59. The summed E-state index contributed by atoms with van der Waals surface area (Å²) in [5.74, 6) is 1.75. The third kappa shape index (κ3) is 3.26. The normalized spacial score (nSPS) is 19.2. The predicted octanol–water partition coefficient (Wildman–Crippen LogP) is 1.87. The maximum Gasteiger partial charge on any atom is 0.318 e. The fourth-order valence-corrected chi connectivity index (χ4v) is 3.68. The number of anilines is 1. The topological polar surface area (TPSA) is 74.2 Å². The molecule has 0 spiro atoms. The van der Waals surface area contributed by atoms with E-state index < -0.39 is 0 Å². The molecule has 0 aromatic carbocycles. The third-order valence-electron chi connectivity index (χ3n) is 4.85. The van der Waals surface area contributed by atoms with Crippen molar-refractivity contribution in [1.29, 1.82) is 0 Å². The number of hydrogen-bond donors (Lipinski definition) is 1. The SMILES string of the molecule is Cc1nccc(CNC(=O)N2Cc3cccnc3N3CCC[C@@H]3C2)n1. The molecule has 2 aromatic rings. The number of rotatable bonds is 2. The highest BCUT2D eigenvalue weighted by Crippen LogP contribution is 2.31. The third-order valence-corrected chi connectivity index (χ3v) is 4.85. The Hall–Kier alpha value is -2.70. The van der Waals surface area contributed by atoms with Gasteiger partial charge in [-0.1, -0.05) is 6.07 Å². The first kappa shape index (κ1) is 15.8. The molecular formula is C18H22N6O. The number of fused-ring (bicyclic) bond motifs is 3. The summed E-state index contributed by atoms with van der Waals surface area (Å²) in [5, 5.41) is 2.99. The van der Waals surface area contributed by atoms with Crippen LogP contribution >= 0.6 is 0 Å². The van der Waals surface area contributed by atoms with E-state index in [1.807, 2.05) is 30.2 Å². The molecule has 2 aliphatic rings. The summed E-state index contributed by atoms with van der Waals surface area (Å²) in [6.07, 6.45) is 5.80. The van der Waals surface area contributed by atoms with Crippen molar-refractivity contribution in [1.82, 2.24) is 25.2 Å². The van der Waals surface area contributed by atoms with Gasteiger partial charge in [0.2, 0.25) is 0 Å². The molecule has 1 atom stereocenters. The number of nitrogens with zero attached hydrogens (tertiary/aromatic N) is 5. The molecule has 0 unspecified atom stereocenters. The van der Waals surface area contributed by atoms with Gasteiger partial charge in [0.25, 0.3) is 0 Å². The summed E-state index contributed by atoms with van der Waals surface area (Å²) in [5.41, 5.74) is 1.93. The summed E-state index contributed by atoms with van der Waals surface area (Å²) in [4.78, 5) is 30.0. The van der Waals surface area contributed by atoms with Crippen LogP contribution in [0.15, 0.2) is 30.6 Å². The van der Waals surface area contributed by atoms with Crippen LogP contribution in [0.25, 0.3) is 0 Å². The quantitative estimate of drug-likeness (QED) is 0.905. The molecule has 1 N–H and O–H groups in total. The first-order valence-electron chi connectivity index (χ1n) is 8.72. The number of aromatic nitrogens is 3. The van der Waals surface area contributed by atoms with E-state index >= 15 is 0 Å². The largest absolute Gasteiger partial charge is 0.352 e. The Morgan fingerprint density at radius 3 is 3.12 bits per heavy atom. The number of amides is 2. The summed E-state index contributed by atoms with van der Waals surface area (Å²) in [7, 11) is 0. The van der Waals surface area contributed by atoms with E-state index in [2.05, 4.69) is 31.2 Å². The van der Waals surface area contributed by atoms with Crippen molar-refractivity contribution in [3.05, 3.63) is 47.7 Å². The van der Waals surface area contributed by atoms with Crippen molar-refractivity contribution in [3.8, 4) is 0 Å². The van der Waals surface area contributed by atoms with Crippen molar-refractivity contribution in [2.75, 3.05) is 18.0 Å². The Bertz CT molecular complexity index is 780. The minimum Gasteiger partial charge on any atom is -0.352 e. The van der Waals surface area contributed by atoms with Crippen molar-refractivity contribution in [2.45, 2.75) is 38.9 Å². The summed E-state index contributed by atoms with van der Waals surface area (Å²) < 4.78 is 0. The van der Waals surface area contributed by atoms with Crippen LogP contribution in [0, 0.1) is 6.92 Å². The van der Waals surface area contributed by atoms with Crippen molar-refractivity contribution >= 4 is 11.8 Å². The smallest absolute Gasteiger partial charge is 0.318 e. The minimum atomic E-state index is -0.0557. The van der Waals surface area contributed by atoms with Gasteiger partial charge < -0.3 is 15.1 Å². The van der Waals surface area contributed by atoms with Crippen LogP contribution in [-0.2, 0) is 13.1 Å². The second kappa shape index (κ2) is 6.66. The zero-order valence-corrected chi connectivity index (χ0v) is 14.4. The first-order valence-corrected chi connectivity index (χ1v) is 8.72. The summed E-state index contributed by atoms with van der Waals surface area (Å²) >= 11 is 0. The van der Waals surface area contributed by atoms with Crippen molar-refractivity contribution < 1.29 is 4.79 Å². The van der Waals surface area contributed by atoms with Crippen molar-refractivity contribution in [3.63, 3.8) is 0 Å². The molecule has 7 nitrogen and oxygen atoms in total. The molecule has 4 rings (SSSR count). The molecule has 7 heteroatoms. The molecule has 1 fully saturated rings. The maximum atomic E-state index is 12.7. The van der Waals surface area contributed by atoms with E-state index in [1.165, 1.54) is 0 Å². The van der Waals surface area contributed by atoms with E-state index in [-0.39, 0.29) is 6.03 Å². The molecule has 0 saturated carbocycles. The Kier molecular flexibility index (Phi) is 4.21. The van der Waals surface area contributed by atoms with E-state index in [0.29, 0.717) is 25.0 Å². The molecule has 130 valence electrons. The Morgan fingerprint density at radius 1 is 1.32 bits per heavy atom. The van der Waals surface area contributed by atoms with Crippen LogP contribution in [0.2, 0.25) is 0 Å². The average molecular weight is 338 g/mol. The maximum absolute atomic E-state index is 12.7. The number of carbonyl (C=O) groups excluding carboxylic acids is 1. The van der Waals surface area contributed by atoms with E-state index in [9.17, 15) is 4.79 Å². The molecule has 0 radical (unpaired) electrons. The van der Waals surface area contributed by atoms with Gasteiger partial charge in [0.15, 0.2) is 0 Å². The van der Waals surface area contributed by atoms with Gasteiger partial charge in [-0.25, -0.2) is 19.7 Å². The van der Waals surface area contributed by atoms with Gasteiger partial charge in [0, 0.05) is 37.1 Å². The van der Waals surface area contributed by atoms with Gasteiger partial charge in [-0.3, -0.25) is 0 Å². The lowest BCUT2D eigenvalue weighted by Gasteiger charge is -2.27. The average Bonchev–Trinajstić information content (AvgIpc) is 3.01. The molecule has 2 amide bonds. The second-order valence-corrected chi connectivity index (χ2v) is 6.61. The molecule has 0 aliphatic carbocycles. The summed E-state index contributed by atoms with van der Waals surface area (Å²) in [6, 6.07) is 6.13. The van der Waals surface area contributed by atoms with Gasteiger partial charge in [-0.05, 0) is 31.9 Å². The van der Waals surface area contributed by atoms with E-state index in [0.717, 1.165) is 43.0 Å². The van der Waals surface area contributed by atoms with Crippen LogP contribution in [0.5, 0.6) is 0 Å². The fraction of sp³-hybridized carbons (Fsp3) is 0.444. The van der Waals surface area contributed by atoms with E-state index in [1.54, 1.807) is 6.20 Å². The number of carbonyl (C=O) groups is 1. The van der Waals surface area contributed by atoms with Gasteiger partial charge >= 0.3 is 6.03 Å². The number of nitrogens with one attached hydrogen (secondary N) is 1. The highest BCUT2D eigenvalue weighted by molar-refractivity contribution is 5.75. The number of urea groups is 1. The highest BCUT2D eigenvalue weighted by atomic mass is 16.2. The Balaban J connectivity index is 1.49. The van der Waals surface area contributed by atoms with Gasteiger partial charge in [-0.15, -0.1) is 0 Å². The van der Waals surface area contributed by atoms with Crippen molar-refractivity contribution in [2.24, 2.45) is 0 Å². The van der Waals surface area contributed by atoms with Gasteiger partial charge in [-0.2, -0.15) is 0 Å². The number of aryl methyl sites for hydroxylation is 1. The lowest BCUT2D eigenvalue weighted by Crippen LogP contribution is -2.44. The lowest BCUT2D eigenvalue weighted by molar-refractivity contribution is 0.192. The second-order valence-electron chi connectivity index (χ2n) is 6.61.